The summed E-state index contributed by atoms with van der Waals surface area (Å²) in [7, 11) is 0. The van der Waals surface area contributed by atoms with Crippen LogP contribution in [0.3, 0.4) is 0 Å². The summed E-state index contributed by atoms with van der Waals surface area (Å²) in [6.45, 7) is 0. The van der Waals surface area contributed by atoms with Crippen molar-refractivity contribution >= 4 is 44.5 Å². The number of anilines is 1. The van der Waals surface area contributed by atoms with Crippen molar-refractivity contribution in [3.05, 3.63) is 52.8 Å². The lowest BCUT2D eigenvalue weighted by Crippen LogP contribution is -1.99. The number of hydrogen-bond donors (Lipinski definition) is 2. The minimum absolute atomic E-state index is 0.814. The first kappa shape index (κ1) is 16.4. The predicted octanol–water partition coefficient (Wildman–Crippen LogP) is 5.28. The summed E-state index contributed by atoms with van der Waals surface area (Å²) in [5, 5.41) is 6.80. The molecule has 5 rings (SSSR count). The Balaban J connectivity index is 1.48. The van der Waals surface area contributed by atoms with Gasteiger partial charge < -0.3 is 4.98 Å². The lowest BCUT2D eigenvalue weighted by Gasteiger charge is -2.10. The quantitative estimate of drug-likeness (QED) is 0.378. The van der Waals surface area contributed by atoms with E-state index in [9.17, 15) is 0 Å². The number of aromatic amines is 1. The van der Waals surface area contributed by atoms with Crippen LogP contribution in [0.25, 0.3) is 21.1 Å². The second-order valence-corrected chi connectivity index (χ2v) is 8.06. The molecular formula is C21H21N5S. The van der Waals surface area contributed by atoms with Crippen LogP contribution in [-0.2, 0) is 12.8 Å². The smallest absolute Gasteiger partial charge is 0.158 e. The Morgan fingerprint density at radius 2 is 1.96 bits per heavy atom. The second kappa shape index (κ2) is 7.12. The minimum atomic E-state index is 0.814. The fraction of sp³-hybridized carbons (Fsp3) is 0.286. The van der Waals surface area contributed by atoms with Crippen molar-refractivity contribution in [1.82, 2.24) is 15.0 Å². The fourth-order valence-corrected chi connectivity index (χ4v) is 5.12. The van der Waals surface area contributed by atoms with Gasteiger partial charge in [0.2, 0.25) is 0 Å². The number of aryl methyl sites for hydroxylation is 2. The fourth-order valence-electron chi connectivity index (χ4n) is 3.89. The van der Waals surface area contributed by atoms with Crippen LogP contribution in [0.1, 0.15) is 41.7 Å². The van der Waals surface area contributed by atoms with Crippen molar-refractivity contribution in [2.24, 2.45) is 5.10 Å². The van der Waals surface area contributed by atoms with Gasteiger partial charge in [0, 0.05) is 27.5 Å². The monoisotopic (exact) mass is 375 g/mol. The number of nitrogens with zero attached hydrogens (tertiary/aromatic N) is 3. The number of thiophene rings is 1. The number of hydrazone groups is 1. The lowest BCUT2D eigenvalue weighted by molar-refractivity contribution is 0.624. The zero-order valence-electron chi connectivity index (χ0n) is 15.0. The van der Waals surface area contributed by atoms with E-state index in [2.05, 4.69) is 37.6 Å². The van der Waals surface area contributed by atoms with Crippen LogP contribution in [0.2, 0.25) is 0 Å². The number of hydrogen-bond acceptors (Lipinski definition) is 5. The molecule has 0 radical (unpaired) electrons. The van der Waals surface area contributed by atoms with Gasteiger partial charge in [-0.15, -0.1) is 11.3 Å². The highest BCUT2D eigenvalue weighted by Crippen LogP contribution is 2.37. The van der Waals surface area contributed by atoms with Gasteiger partial charge in [-0.3, -0.25) is 5.43 Å². The third-order valence-electron chi connectivity index (χ3n) is 5.25. The van der Waals surface area contributed by atoms with Crippen LogP contribution in [-0.4, -0.2) is 21.2 Å². The van der Waals surface area contributed by atoms with Gasteiger partial charge >= 0.3 is 0 Å². The molecule has 5 nitrogen and oxygen atoms in total. The van der Waals surface area contributed by atoms with Crippen molar-refractivity contribution in [1.29, 1.82) is 0 Å². The number of aromatic nitrogens is 3. The number of benzene rings is 1. The Bertz CT molecular complexity index is 1120. The molecule has 1 aromatic carbocycles. The van der Waals surface area contributed by atoms with Gasteiger partial charge in [0.25, 0.3) is 0 Å². The molecular weight excluding hydrogens is 354 g/mol. The number of nitrogens with one attached hydrogen (secondary N) is 2. The molecule has 0 amide bonds. The highest BCUT2D eigenvalue weighted by molar-refractivity contribution is 7.18. The van der Waals surface area contributed by atoms with Crippen molar-refractivity contribution in [2.75, 3.05) is 5.43 Å². The van der Waals surface area contributed by atoms with Gasteiger partial charge in [0.1, 0.15) is 11.2 Å². The molecule has 0 atom stereocenters. The molecule has 6 heteroatoms. The Morgan fingerprint density at radius 1 is 1.07 bits per heavy atom. The molecule has 0 saturated carbocycles. The lowest BCUT2D eigenvalue weighted by atomic mass is 9.98. The van der Waals surface area contributed by atoms with Gasteiger partial charge in [-0.25, -0.2) is 9.97 Å². The van der Waals surface area contributed by atoms with Crippen molar-refractivity contribution in [2.45, 2.75) is 38.5 Å². The first-order chi connectivity index (χ1) is 13.4. The van der Waals surface area contributed by atoms with E-state index >= 15 is 0 Å². The Hall–Kier alpha value is -2.73. The Morgan fingerprint density at radius 3 is 2.93 bits per heavy atom. The van der Waals surface area contributed by atoms with E-state index in [1.165, 1.54) is 36.1 Å². The van der Waals surface area contributed by atoms with E-state index in [4.69, 9.17) is 0 Å². The number of fused-ring (bicyclic) bond motifs is 4. The van der Waals surface area contributed by atoms with E-state index in [0.717, 1.165) is 45.3 Å². The first-order valence-corrected chi connectivity index (χ1v) is 10.3. The molecule has 0 fully saturated rings. The summed E-state index contributed by atoms with van der Waals surface area (Å²) in [5.74, 6) is 0.814. The normalized spacial score (nSPS) is 15.1. The molecule has 3 heterocycles. The second-order valence-electron chi connectivity index (χ2n) is 6.98. The van der Waals surface area contributed by atoms with E-state index in [1.54, 1.807) is 6.33 Å². The first-order valence-electron chi connectivity index (χ1n) is 9.50. The maximum absolute atomic E-state index is 4.52. The molecule has 2 N–H and O–H groups in total. The topological polar surface area (TPSA) is 66.0 Å². The largest absolute Gasteiger partial charge is 0.361 e. The van der Waals surface area contributed by atoms with Crippen molar-refractivity contribution < 1.29 is 0 Å². The summed E-state index contributed by atoms with van der Waals surface area (Å²) < 4.78 is 0. The number of rotatable bonds is 3. The maximum Gasteiger partial charge on any atom is 0.158 e. The minimum Gasteiger partial charge on any atom is -0.361 e. The summed E-state index contributed by atoms with van der Waals surface area (Å²) in [6.07, 6.45) is 12.9. The zero-order chi connectivity index (χ0) is 18.1. The number of H-pyrrole nitrogens is 1. The molecule has 3 aromatic heterocycles. The molecule has 0 spiro atoms. The SMILES string of the molecule is C(=NNc1ncnc2sc3c(c12)CCCCCC3)c1c[nH]c2ccccc12. The molecule has 0 saturated heterocycles. The van der Waals surface area contributed by atoms with Gasteiger partial charge in [-0.05, 0) is 37.3 Å². The highest BCUT2D eigenvalue weighted by Gasteiger charge is 2.18. The molecule has 0 unspecified atom stereocenters. The van der Waals surface area contributed by atoms with E-state index in [-0.39, 0.29) is 0 Å². The molecule has 0 bridgehead atoms. The maximum atomic E-state index is 4.52. The standard InChI is InChI=1S/C21H21N5S/c1-2-4-10-18-16(8-3-1)19-20(23-13-24-21(19)27-18)26-25-12-14-11-22-17-9-6-5-7-15(14)17/h5-7,9,11-13,22H,1-4,8,10H2,(H,23,24,26). The van der Waals surface area contributed by atoms with Crippen LogP contribution in [0.15, 0.2) is 41.9 Å². The van der Waals surface area contributed by atoms with Crippen LogP contribution in [0.5, 0.6) is 0 Å². The molecule has 136 valence electrons. The molecule has 4 aromatic rings. The van der Waals surface area contributed by atoms with Crippen LogP contribution in [0, 0.1) is 0 Å². The van der Waals surface area contributed by atoms with Gasteiger partial charge in [-0.1, -0.05) is 31.0 Å². The van der Waals surface area contributed by atoms with Crippen molar-refractivity contribution in [3.63, 3.8) is 0 Å². The molecule has 27 heavy (non-hydrogen) atoms. The highest BCUT2D eigenvalue weighted by atomic mass is 32.1. The van der Waals surface area contributed by atoms with Crippen LogP contribution < -0.4 is 5.43 Å². The third-order valence-corrected chi connectivity index (χ3v) is 6.45. The van der Waals surface area contributed by atoms with Gasteiger partial charge in [0.15, 0.2) is 5.82 Å². The molecule has 1 aliphatic carbocycles. The molecule has 1 aliphatic rings. The van der Waals surface area contributed by atoms with Gasteiger partial charge in [-0.2, -0.15) is 5.10 Å². The average molecular weight is 376 g/mol. The van der Waals surface area contributed by atoms with E-state index < -0.39 is 0 Å². The Kier molecular flexibility index (Phi) is 4.33. The number of para-hydroxylation sites is 1. The summed E-state index contributed by atoms with van der Waals surface area (Å²) in [5.41, 5.74) is 6.78. The summed E-state index contributed by atoms with van der Waals surface area (Å²) >= 11 is 1.82. The Labute approximate surface area is 161 Å². The van der Waals surface area contributed by atoms with E-state index in [0.29, 0.717) is 0 Å². The van der Waals surface area contributed by atoms with Crippen LogP contribution in [0.4, 0.5) is 5.82 Å². The van der Waals surface area contributed by atoms with Crippen molar-refractivity contribution in [3.8, 4) is 0 Å². The average Bonchev–Trinajstić information content (AvgIpc) is 3.23. The predicted molar refractivity (Wildman–Crippen MR) is 113 cm³/mol. The molecule has 0 aliphatic heterocycles. The van der Waals surface area contributed by atoms with Crippen LogP contribution >= 0.6 is 11.3 Å². The summed E-state index contributed by atoms with van der Waals surface area (Å²) in [4.78, 5) is 14.8. The third kappa shape index (κ3) is 3.10. The zero-order valence-corrected chi connectivity index (χ0v) is 15.9. The van der Waals surface area contributed by atoms with Gasteiger partial charge in [0.05, 0.1) is 11.6 Å². The summed E-state index contributed by atoms with van der Waals surface area (Å²) in [6, 6.07) is 8.23. The van der Waals surface area contributed by atoms with E-state index in [1.807, 2.05) is 35.9 Å².